The van der Waals surface area contributed by atoms with Gasteiger partial charge in [0.05, 0.1) is 12.1 Å². The van der Waals surface area contributed by atoms with Crippen LogP contribution in [-0.2, 0) is 25.7 Å². The van der Waals surface area contributed by atoms with Gasteiger partial charge >= 0.3 is 6.03 Å². The molecule has 2 aliphatic rings. The SMILES string of the molecule is C=CCNC(=O)C(=O)C(CC1CC1)NC(=O)[C@@H]1CCCN1C(=O)[C@@H](NC(=O)N[C@H](Cn1ccccc1=O)C(C)(C)C)C(C)(C)C. The zero-order valence-corrected chi connectivity index (χ0v) is 27.5. The van der Waals surface area contributed by atoms with Crippen LogP contribution in [0, 0.1) is 16.7 Å². The number of urea groups is 1. The van der Waals surface area contributed by atoms with E-state index >= 15 is 0 Å². The predicted molar refractivity (Wildman–Crippen MR) is 171 cm³/mol. The summed E-state index contributed by atoms with van der Waals surface area (Å²) in [7, 11) is 0. The summed E-state index contributed by atoms with van der Waals surface area (Å²) in [5.74, 6) is -2.14. The Balaban J connectivity index is 1.74. The van der Waals surface area contributed by atoms with E-state index < -0.39 is 64.5 Å². The molecule has 0 aromatic carbocycles. The lowest BCUT2D eigenvalue weighted by Crippen LogP contribution is -2.61. The number of carbonyl (C=O) groups is 5. The maximum Gasteiger partial charge on any atom is 0.315 e. The first-order chi connectivity index (χ1) is 21.0. The monoisotopic (exact) mass is 626 g/mol. The molecule has 0 bridgehead atoms. The van der Waals surface area contributed by atoms with Gasteiger partial charge in [0, 0.05) is 31.9 Å². The van der Waals surface area contributed by atoms with Gasteiger partial charge in [-0.15, -0.1) is 6.58 Å². The van der Waals surface area contributed by atoms with E-state index in [1.165, 1.54) is 21.6 Å². The van der Waals surface area contributed by atoms with Gasteiger partial charge in [-0.05, 0) is 42.1 Å². The van der Waals surface area contributed by atoms with E-state index in [2.05, 4.69) is 27.8 Å². The third kappa shape index (κ3) is 10.0. The first kappa shape index (κ1) is 35.5. The highest BCUT2D eigenvalue weighted by Gasteiger charge is 2.43. The van der Waals surface area contributed by atoms with Crippen LogP contribution in [0.2, 0.25) is 0 Å². The van der Waals surface area contributed by atoms with Crippen LogP contribution in [0.4, 0.5) is 4.79 Å². The zero-order chi connectivity index (χ0) is 33.5. The number of carbonyl (C=O) groups excluding carboxylic acids is 5. The fraction of sp³-hybridized carbons (Fsp3) is 0.636. The highest BCUT2D eigenvalue weighted by molar-refractivity contribution is 6.38. The summed E-state index contributed by atoms with van der Waals surface area (Å²) in [5, 5.41) is 11.1. The Kier molecular flexibility index (Phi) is 11.7. The second-order valence-corrected chi connectivity index (χ2v) is 14.3. The van der Waals surface area contributed by atoms with Crippen molar-refractivity contribution in [1.82, 2.24) is 30.7 Å². The lowest BCUT2D eigenvalue weighted by atomic mass is 9.85. The average molecular weight is 627 g/mol. The lowest BCUT2D eigenvalue weighted by molar-refractivity contribution is -0.143. The van der Waals surface area contributed by atoms with Gasteiger partial charge in [-0.2, -0.15) is 0 Å². The number of rotatable bonds is 13. The molecule has 2 fully saturated rings. The van der Waals surface area contributed by atoms with Gasteiger partial charge in [-0.1, -0.05) is 66.5 Å². The molecule has 1 unspecified atom stereocenters. The van der Waals surface area contributed by atoms with Gasteiger partial charge in [0.25, 0.3) is 11.5 Å². The molecule has 12 heteroatoms. The van der Waals surface area contributed by atoms with Crippen molar-refractivity contribution in [3.63, 3.8) is 0 Å². The van der Waals surface area contributed by atoms with Crippen molar-refractivity contribution in [1.29, 1.82) is 0 Å². The molecule has 1 aliphatic carbocycles. The van der Waals surface area contributed by atoms with Gasteiger partial charge in [0.2, 0.25) is 17.6 Å². The molecule has 1 aromatic heterocycles. The quantitative estimate of drug-likeness (QED) is 0.194. The topological polar surface area (TPSA) is 159 Å². The Morgan fingerprint density at radius 1 is 0.978 bits per heavy atom. The summed E-state index contributed by atoms with van der Waals surface area (Å²) in [6, 6.07) is 1.06. The van der Waals surface area contributed by atoms with Crippen LogP contribution in [0.3, 0.4) is 0 Å². The highest BCUT2D eigenvalue weighted by atomic mass is 16.2. The average Bonchev–Trinajstić information content (AvgIpc) is 3.64. The maximum atomic E-state index is 14.0. The molecule has 1 aromatic rings. The van der Waals surface area contributed by atoms with Crippen LogP contribution in [0.15, 0.2) is 41.8 Å². The Labute approximate surface area is 265 Å². The van der Waals surface area contributed by atoms with Crippen molar-refractivity contribution in [3.8, 4) is 0 Å². The summed E-state index contributed by atoms with van der Waals surface area (Å²) in [6.45, 7) is 15.6. The third-order valence-electron chi connectivity index (χ3n) is 8.39. The summed E-state index contributed by atoms with van der Waals surface area (Å²) in [4.78, 5) is 80.1. The molecule has 12 nitrogen and oxygen atoms in total. The predicted octanol–water partition coefficient (Wildman–Crippen LogP) is 2.12. The van der Waals surface area contributed by atoms with Gasteiger partial charge in [-0.3, -0.25) is 24.0 Å². The normalized spacial score (nSPS) is 18.7. The fourth-order valence-corrected chi connectivity index (χ4v) is 5.39. The molecule has 1 aliphatic heterocycles. The van der Waals surface area contributed by atoms with Gasteiger partial charge < -0.3 is 30.7 Å². The van der Waals surface area contributed by atoms with E-state index in [0.717, 1.165) is 12.8 Å². The molecule has 0 spiro atoms. The lowest BCUT2D eigenvalue weighted by Gasteiger charge is -2.37. The largest absolute Gasteiger partial charge is 0.346 e. The van der Waals surface area contributed by atoms with Gasteiger partial charge in [0.15, 0.2) is 0 Å². The molecule has 4 atom stereocenters. The highest BCUT2D eigenvalue weighted by Crippen LogP contribution is 2.34. The van der Waals surface area contributed by atoms with E-state index in [9.17, 15) is 28.8 Å². The van der Waals surface area contributed by atoms with Gasteiger partial charge in [0.1, 0.15) is 12.1 Å². The number of ketones is 1. The van der Waals surface area contributed by atoms with E-state index in [-0.39, 0.29) is 24.6 Å². The minimum absolute atomic E-state index is 0.135. The number of Topliss-reactive ketones (excluding diaryl/α,β-unsaturated/α-hetero) is 1. The van der Waals surface area contributed by atoms with Crippen molar-refractivity contribution < 1.29 is 24.0 Å². The molecule has 3 rings (SSSR count). The van der Waals surface area contributed by atoms with Crippen LogP contribution < -0.4 is 26.8 Å². The second kappa shape index (κ2) is 14.9. The summed E-state index contributed by atoms with van der Waals surface area (Å²) >= 11 is 0. The zero-order valence-electron chi connectivity index (χ0n) is 27.5. The van der Waals surface area contributed by atoms with Crippen molar-refractivity contribution in [2.24, 2.45) is 16.7 Å². The molecule has 2 heterocycles. The summed E-state index contributed by atoms with van der Waals surface area (Å²) < 4.78 is 1.53. The third-order valence-corrected chi connectivity index (χ3v) is 8.39. The molecule has 5 amide bonds. The molecule has 1 saturated carbocycles. The number of amides is 5. The smallest absolute Gasteiger partial charge is 0.315 e. The minimum atomic E-state index is -0.985. The molecule has 1 saturated heterocycles. The van der Waals surface area contributed by atoms with Gasteiger partial charge in [-0.25, -0.2) is 4.79 Å². The fourth-order valence-electron chi connectivity index (χ4n) is 5.39. The molecular formula is C33H50N6O6. The Morgan fingerprint density at radius 2 is 1.67 bits per heavy atom. The molecule has 248 valence electrons. The Hall–Kier alpha value is -3.96. The first-order valence-corrected chi connectivity index (χ1v) is 15.8. The number of likely N-dealkylation sites (tertiary alicyclic amines) is 1. The molecule has 4 N–H and O–H groups in total. The summed E-state index contributed by atoms with van der Waals surface area (Å²) in [6.07, 6.45) is 6.33. The van der Waals surface area contributed by atoms with E-state index in [1.807, 2.05) is 41.5 Å². The van der Waals surface area contributed by atoms with E-state index in [0.29, 0.717) is 25.8 Å². The summed E-state index contributed by atoms with van der Waals surface area (Å²) in [5.41, 5.74) is -1.31. The van der Waals surface area contributed by atoms with Crippen LogP contribution >= 0.6 is 0 Å². The number of hydrogen-bond donors (Lipinski definition) is 4. The Bertz CT molecular complexity index is 1320. The van der Waals surface area contributed by atoms with Crippen molar-refractivity contribution in [2.45, 2.75) is 104 Å². The van der Waals surface area contributed by atoms with Crippen LogP contribution in [-0.4, -0.2) is 76.3 Å². The molecular weight excluding hydrogens is 576 g/mol. The van der Waals surface area contributed by atoms with Crippen molar-refractivity contribution in [3.05, 3.63) is 47.4 Å². The van der Waals surface area contributed by atoms with E-state index in [4.69, 9.17) is 0 Å². The second-order valence-electron chi connectivity index (χ2n) is 14.3. The van der Waals surface area contributed by atoms with Crippen LogP contribution in [0.1, 0.15) is 73.6 Å². The number of pyridine rings is 1. The van der Waals surface area contributed by atoms with E-state index in [1.54, 1.807) is 18.3 Å². The molecule has 0 radical (unpaired) electrons. The Morgan fingerprint density at radius 3 is 2.24 bits per heavy atom. The maximum absolute atomic E-state index is 14.0. The number of aromatic nitrogens is 1. The number of nitrogens with zero attached hydrogens (tertiary/aromatic N) is 2. The van der Waals surface area contributed by atoms with Crippen molar-refractivity contribution in [2.75, 3.05) is 13.1 Å². The molecule has 45 heavy (non-hydrogen) atoms. The first-order valence-electron chi connectivity index (χ1n) is 15.8. The number of hydrogen-bond acceptors (Lipinski definition) is 6. The van der Waals surface area contributed by atoms with Crippen LogP contribution in [0.25, 0.3) is 0 Å². The standard InChI is InChI=1S/C33H50N6O6/c1-8-16-34-29(43)26(41)22(19-21-14-15-21)35-28(42)23-12-11-18-39(23)30(44)27(33(5,6)7)37-31(45)36-24(32(2,3)4)20-38-17-10-9-13-25(38)40/h8-10,13,17,21-24,27H,1,11-12,14-16,18-20H2,2-7H3,(H,34,43)(H,35,42)(H2,36,37,45)/t22?,23-,24+,27+/m0/s1. The number of nitrogens with one attached hydrogen (secondary N) is 4. The van der Waals surface area contributed by atoms with Crippen LogP contribution in [0.5, 0.6) is 0 Å². The minimum Gasteiger partial charge on any atom is -0.346 e. The van der Waals surface area contributed by atoms with Crippen molar-refractivity contribution >= 4 is 29.5 Å².